The molecule has 0 saturated carbocycles. The molecule has 0 aliphatic carbocycles. The SMILES string of the molecule is C=C(NNC(=O)c1cccc(Cl)c1)C(C)(C)C. The third kappa shape index (κ3) is 4.11. The van der Waals surface area contributed by atoms with Crippen LogP contribution in [0.5, 0.6) is 0 Å². The Balaban J connectivity index is 2.60. The van der Waals surface area contributed by atoms with E-state index in [-0.39, 0.29) is 11.3 Å². The van der Waals surface area contributed by atoms with Crippen LogP contribution in [0, 0.1) is 5.41 Å². The Hall–Kier alpha value is -1.48. The number of halogens is 1. The van der Waals surface area contributed by atoms with Crippen LogP contribution in [0.25, 0.3) is 0 Å². The van der Waals surface area contributed by atoms with Crippen LogP contribution in [0.1, 0.15) is 31.1 Å². The Bertz CT molecular complexity index is 435. The number of benzene rings is 1. The summed E-state index contributed by atoms with van der Waals surface area (Å²) < 4.78 is 0. The van der Waals surface area contributed by atoms with E-state index in [0.29, 0.717) is 10.6 Å². The van der Waals surface area contributed by atoms with Crippen LogP contribution < -0.4 is 10.9 Å². The highest BCUT2D eigenvalue weighted by Gasteiger charge is 2.15. The van der Waals surface area contributed by atoms with Gasteiger partial charge in [0.25, 0.3) is 5.91 Å². The lowest BCUT2D eigenvalue weighted by molar-refractivity contribution is 0.0935. The molecule has 0 aliphatic heterocycles. The fraction of sp³-hybridized carbons (Fsp3) is 0.308. The van der Waals surface area contributed by atoms with Gasteiger partial charge in [0.2, 0.25) is 0 Å². The molecule has 2 N–H and O–H groups in total. The molecule has 0 saturated heterocycles. The fourth-order valence-electron chi connectivity index (χ4n) is 1.02. The molecule has 0 aromatic heterocycles. The molecular weight excluding hydrogens is 236 g/mol. The summed E-state index contributed by atoms with van der Waals surface area (Å²) in [6, 6.07) is 6.76. The highest BCUT2D eigenvalue weighted by Crippen LogP contribution is 2.20. The Morgan fingerprint density at radius 2 is 1.94 bits per heavy atom. The molecule has 17 heavy (non-hydrogen) atoms. The topological polar surface area (TPSA) is 41.1 Å². The number of rotatable bonds is 3. The van der Waals surface area contributed by atoms with Crippen LogP contribution >= 0.6 is 11.6 Å². The molecule has 0 radical (unpaired) electrons. The Kier molecular flexibility index (Phi) is 4.18. The summed E-state index contributed by atoms with van der Waals surface area (Å²) >= 11 is 5.81. The van der Waals surface area contributed by atoms with Crippen molar-refractivity contribution < 1.29 is 4.79 Å². The van der Waals surface area contributed by atoms with Crippen molar-refractivity contribution in [2.45, 2.75) is 20.8 Å². The second-order valence-corrected chi connectivity index (χ2v) is 5.25. The van der Waals surface area contributed by atoms with Crippen LogP contribution in [0.2, 0.25) is 5.02 Å². The number of hydrogen-bond donors (Lipinski definition) is 2. The van der Waals surface area contributed by atoms with Crippen molar-refractivity contribution in [3.05, 3.63) is 47.1 Å². The number of hydrogen-bond acceptors (Lipinski definition) is 2. The predicted molar refractivity (Wildman–Crippen MR) is 70.6 cm³/mol. The lowest BCUT2D eigenvalue weighted by atomic mass is 9.93. The van der Waals surface area contributed by atoms with Gasteiger partial charge in [-0.3, -0.25) is 10.2 Å². The highest BCUT2D eigenvalue weighted by atomic mass is 35.5. The summed E-state index contributed by atoms with van der Waals surface area (Å²) in [5.41, 5.74) is 6.53. The van der Waals surface area contributed by atoms with Crippen LogP contribution in [0.4, 0.5) is 0 Å². The molecule has 0 bridgehead atoms. The van der Waals surface area contributed by atoms with Crippen molar-refractivity contribution in [2.24, 2.45) is 5.41 Å². The van der Waals surface area contributed by atoms with E-state index in [1.54, 1.807) is 24.3 Å². The molecule has 0 spiro atoms. The van der Waals surface area contributed by atoms with Crippen LogP contribution in [0.3, 0.4) is 0 Å². The number of hydrazine groups is 1. The molecule has 4 heteroatoms. The zero-order valence-corrected chi connectivity index (χ0v) is 11.1. The van der Waals surface area contributed by atoms with Gasteiger partial charge in [0.15, 0.2) is 0 Å². The second kappa shape index (κ2) is 5.23. The predicted octanol–water partition coefficient (Wildman–Crippen LogP) is 3.13. The van der Waals surface area contributed by atoms with E-state index in [1.165, 1.54) is 0 Å². The van der Waals surface area contributed by atoms with Crippen molar-refractivity contribution in [3.8, 4) is 0 Å². The van der Waals surface area contributed by atoms with Crippen LogP contribution in [0.15, 0.2) is 36.5 Å². The summed E-state index contributed by atoms with van der Waals surface area (Å²) in [6.07, 6.45) is 0. The van der Waals surface area contributed by atoms with Gasteiger partial charge >= 0.3 is 0 Å². The Labute approximate surface area is 107 Å². The van der Waals surface area contributed by atoms with E-state index in [9.17, 15) is 4.79 Å². The second-order valence-electron chi connectivity index (χ2n) is 4.82. The molecule has 92 valence electrons. The standard InChI is InChI=1S/C13H17ClN2O/c1-9(13(2,3)4)15-16-12(17)10-6-5-7-11(14)8-10/h5-8,15H,1H2,2-4H3,(H,16,17). The third-order valence-corrected chi connectivity index (χ3v) is 2.55. The first-order chi connectivity index (χ1) is 7.80. The van der Waals surface area contributed by atoms with Gasteiger partial charge in [0.1, 0.15) is 0 Å². The zero-order valence-electron chi connectivity index (χ0n) is 10.3. The lowest BCUT2D eigenvalue weighted by Gasteiger charge is -2.23. The van der Waals surface area contributed by atoms with E-state index in [1.807, 2.05) is 20.8 Å². The van der Waals surface area contributed by atoms with Gasteiger partial charge in [0.05, 0.1) is 0 Å². The molecule has 0 unspecified atom stereocenters. The van der Waals surface area contributed by atoms with Gasteiger partial charge in [0, 0.05) is 21.7 Å². The normalized spacial score (nSPS) is 10.8. The molecule has 0 fully saturated rings. The van der Waals surface area contributed by atoms with Crippen molar-refractivity contribution in [2.75, 3.05) is 0 Å². The summed E-state index contributed by atoms with van der Waals surface area (Å²) in [5.74, 6) is -0.238. The minimum Gasteiger partial charge on any atom is -0.303 e. The molecule has 1 rings (SSSR count). The number of allylic oxidation sites excluding steroid dienone is 1. The maximum atomic E-state index is 11.8. The van der Waals surface area contributed by atoms with Gasteiger partial charge < -0.3 is 5.43 Å². The van der Waals surface area contributed by atoms with Gasteiger partial charge in [-0.1, -0.05) is 45.0 Å². The minimum atomic E-state index is -0.238. The molecule has 0 atom stereocenters. The number of nitrogens with one attached hydrogen (secondary N) is 2. The zero-order chi connectivity index (χ0) is 13.1. The molecule has 1 aromatic rings. The summed E-state index contributed by atoms with van der Waals surface area (Å²) in [5, 5.41) is 0.535. The molecule has 3 nitrogen and oxygen atoms in total. The van der Waals surface area contributed by atoms with Crippen molar-refractivity contribution >= 4 is 17.5 Å². The van der Waals surface area contributed by atoms with Crippen molar-refractivity contribution in [3.63, 3.8) is 0 Å². The van der Waals surface area contributed by atoms with Crippen LogP contribution in [-0.2, 0) is 0 Å². The lowest BCUT2D eigenvalue weighted by Crippen LogP contribution is -2.39. The quantitative estimate of drug-likeness (QED) is 0.812. The Morgan fingerprint density at radius 3 is 2.47 bits per heavy atom. The number of carbonyl (C=O) groups is 1. The molecule has 0 aliphatic rings. The first kappa shape index (κ1) is 13.6. The van der Waals surface area contributed by atoms with Gasteiger partial charge in [-0.25, -0.2) is 0 Å². The third-order valence-electron chi connectivity index (χ3n) is 2.32. The summed E-state index contributed by atoms with van der Waals surface area (Å²) in [7, 11) is 0. The average Bonchev–Trinajstić information content (AvgIpc) is 2.24. The van der Waals surface area contributed by atoms with Gasteiger partial charge in [-0.05, 0) is 18.2 Å². The maximum absolute atomic E-state index is 11.8. The maximum Gasteiger partial charge on any atom is 0.269 e. The fourth-order valence-corrected chi connectivity index (χ4v) is 1.21. The molecule has 0 heterocycles. The highest BCUT2D eigenvalue weighted by molar-refractivity contribution is 6.30. The van der Waals surface area contributed by atoms with Crippen molar-refractivity contribution in [1.82, 2.24) is 10.9 Å². The first-order valence-electron chi connectivity index (χ1n) is 5.32. The van der Waals surface area contributed by atoms with E-state index in [2.05, 4.69) is 17.4 Å². The Morgan fingerprint density at radius 1 is 1.29 bits per heavy atom. The monoisotopic (exact) mass is 252 g/mol. The number of carbonyl (C=O) groups excluding carboxylic acids is 1. The van der Waals surface area contributed by atoms with Gasteiger partial charge in [-0.2, -0.15) is 0 Å². The van der Waals surface area contributed by atoms with E-state index in [4.69, 9.17) is 11.6 Å². The van der Waals surface area contributed by atoms with E-state index >= 15 is 0 Å². The molecule has 1 aromatic carbocycles. The summed E-state index contributed by atoms with van der Waals surface area (Å²) in [4.78, 5) is 11.8. The first-order valence-corrected chi connectivity index (χ1v) is 5.70. The number of amides is 1. The molecule has 1 amide bonds. The van der Waals surface area contributed by atoms with Crippen molar-refractivity contribution in [1.29, 1.82) is 0 Å². The van der Waals surface area contributed by atoms with E-state index in [0.717, 1.165) is 5.70 Å². The van der Waals surface area contributed by atoms with E-state index < -0.39 is 0 Å². The summed E-state index contributed by atoms with van der Waals surface area (Å²) in [6.45, 7) is 9.88. The smallest absolute Gasteiger partial charge is 0.269 e. The largest absolute Gasteiger partial charge is 0.303 e. The van der Waals surface area contributed by atoms with Gasteiger partial charge in [-0.15, -0.1) is 0 Å². The average molecular weight is 253 g/mol. The van der Waals surface area contributed by atoms with Crippen LogP contribution in [-0.4, -0.2) is 5.91 Å². The minimum absolute atomic E-state index is 0.110. The molecular formula is C13H17ClN2O.